The van der Waals surface area contributed by atoms with Gasteiger partial charge in [0.15, 0.2) is 11.1 Å². The normalized spacial score (nSPS) is 13.5. The third kappa shape index (κ3) is 3.78. The molecule has 0 amide bonds. The van der Waals surface area contributed by atoms with Crippen molar-refractivity contribution >= 4 is 17.4 Å². The molecule has 6 heavy (non-hydrogen) atoms. The van der Waals surface area contributed by atoms with Gasteiger partial charge in [0, 0.05) is 0 Å². The van der Waals surface area contributed by atoms with E-state index in [-0.39, 0.29) is 5.75 Å². The Bertz CT molecular complexity index is 69.2. The fourth-order valence-corrected chi connectivity index (χ4v) is 0.175. The van der Waals surface area contributed by atoms with Crippen molar-refractivity contribution in [1.29, 1.82) is 0 Å². The number of carbonyl (C=O) groups excluding carboxylic acids is 1. The predicted octanol–water partition coefficient (Wildman–Crippen LogP) is -0.593. The Labute approximate surface area is 37.6 Å². The second-order valence-electron chi connectivity index (χ2n) is 0.655. The van der Waals surface area contributed by atoms with Crippen LogP contribution in [0, 0.1) is 0 Å². The van der Waals surface area contributed by atoms with Gasteiger partial charge in [-0.05, 0) is 0 Å². The largest absolute Gasteiger partial charge is 0.306 e. The maximum Gasteiger partial charge on any atom is 0.160 e. The standard InChI is InChI=1S/C2H4O3S/c3-1-2-6(4)5/h1H,2H2,(H,4,5). The van der Waals surface area contributed by atoms with E-state index in [1.807, 2.05) is 0 Å². The zero-order chi connectivity index (χ0) is 4.99. The molecule has 0 aromatic carbocycles. The van der Waals surface area contributed by atoms with Crippen LogP contribution in [0.2, 0.25) is 0 Å². The van der Waals surface area contributed by atoms with Crippen LogP contribution in [0.5, 0.6) is 0 Å². The van der Waals surface area contributed by atoms with Crippen molar-refractivity contribution < 1.29 is 13.6 Å². The molecule has 0 aliphatic heterocycles. The van der Waals surface area contributed by atoms with Gasteiger partial charge < -0.3 is 9.35 Å². The quantitative estimate of drug-likeness (QED) is 0.380. The van der Waals surface area contributed by atoms with Crippen molar-refractivity contribution in [3.8, 4) is 0 Å². The average molecular weight is 108 g/mol. The van der Waals surface area contributed by atoms with Crippen LogP contribution < -0.4 is 0 Å². The first kappa shape index (κ1) is 5.78. The van der Waals surface area contributed by atoms with Gasteiger partial charge >= 0.3 is 0 Å². The van der Waals surface area contributed by atoms with Crippen LogP contribution in [0.4, 0.5) is 0 Å². The molecule has 1 atom stereocenters. The van der Waals surface area contributed by atoms with Crippen LogP contribution >= 0.6 is 0 Å². The van der Waals surface area contributed by atoms with Gasteiger partial charge in [0.25, 0.3) is 0 Å². The molecular weight excluding hydrogens is 104 g/mol. The van der Waals surface area contributed by atoms with Gasteiger partial charge in [-0.3, -0.25) is 0 Å². The van der Waals surface area contributed by atoms with Crippen LogP contribution in [0.15, 0.2) is 0 Å². The van der Waals surface area contributed by atoms with E-state index in [4.69, 9.17) is 4.55 Å². The van der Waals surface area contributed by atoms with E-state index in [1.165, 1.54) is 0 Å². The zero-order valence-electron chi connectivity index (χ0n) is 2.96. The Kier molecular flexibility index (Phi) is 2.88. The molecule has 0 aliphatic rings. The molecule has 0 bridgehead atoms. The minimum Gasteiger partial charge on any atom is -0.306 e. The Morgan fingerprint density at radius 1 is 1.83 bits per heavy atom. The Hall–Kier alpha value is -0.220. The number of carbonyl (C=O) groups is 1. The van der Waals surface area contributed by atoms with E-state index < -0.39 is 11.1 Å². The lowest BCUT2D eigenvalue weighted by atomic mass is 10.9. The van der Waals surface area contributed by atoms with Crippen LogP contribution in [0.3, 0.4) is 0 Å². The molecule has 4 heteroatoms. The molecule has 1 unspecified atom stereocenters. The van der Waals surface area contributed by atoms with Gasteiger partial charge in [0.1, 0.15) is 12.0 Å². The summed E-state index contributed by atoms with van der Waals surface area (Å²) in [5, 5.41) is 0. The summed E-state index contributed by atoms with van der Waals surface area (Å²) in [6.07, 6.45) is 0.399. The van der Waals surface area contributed by atoms with E-state index in [2.05, 4.69) is 0 Å². The Balaban J connectivity index is 3.05. The summed E-state index contributed by atoms with van der Waals surface area (Å²) in [5.41, 5.74) is 0. The first-order valence-electron chi connectivity index (χ1n) is 1.28. The summed E-state index contributed by atoms with van der Waals surface area (Å²) in [6.45, 7) is 0. The number of aldehydes is 1. The van der Waals surface area contributed by atoms with Crippen molar-refractivity contribution in [3.05, 3.63) is 0 Å². The van der Waals surface area contributed by atoms with E-state index in [9.17, 15) is 9.00 Å². The maximum absolute atomic E-state index is 9.48. The van der Waals surface area contributed by atoms with Crippen molar-refractivity contribution in [3.63, 3.8) is 0 Å². The molecule has 0 aromatic rings. The molecule has 0 saturated carbocycles. The highest BCUT2D eigenvalue weighted by Gasteiger charge is 1.83. The van der Waals surface area contributed by atoms with Crippen molar-refractivity contribution in [2.75, 3.05) is 5.75 Å². The van der Waals surface area contributed by atoms with Crippen molar-refractivity contribution in [2.24, 2.45) is 0 Å². The average Bonchev–Trinajstić information content (AvgIpc) is 1.35. The Morgan fingerprint density at radius 2 is 2.33 bits per heavy atom. The number of hydrogen-bond donors (Lipinski definition) is 1. The lowest BCUT2D eigenvalue weighted by molar-refractivity contribution is -0.105. The highest BCUT2D eigenvalue weighted by molar-refractivity contribution is 7.79. The first-order chi connectivity index (χ1) is 2.77. The first-order valence-corrected chi connectivity index (χ1v) is 2.56. The summed E-state index contributed by atoms with van der Waals surface area (Å²) in [5.74, 6) is -0.278. The molecule has 0 fully saturated rings. The lowest BCUT2D eigenvalue weighted by Crippen LogP contribution is -1.93. The van der Waals surface area contributed by atoms with Gasteiger partial charge in [0.2, 0.25) is 0 Å². The second-order valence-corrected chi connectivity index (χ2v) is 1.63. The van der Waals surface area contributed by atoms with Crippen LogP contribution in [0.1, 0.15) is 0 Å². The van der Waals surface area contributed by atoms with E-state index in [1.54, 1.807) is 0 Å². The fourth-order valence-electron chi connectivity index (χ4n) is 0.0582. The van der Waals surface area contributed by atoms with Crippen LogP contribution in [-0.2, 0) is 15.9 Å². The molecule has 0 rings (SSSR count). The van der Waals surface area contributed by atoms with Gasteiger partial charge in [-0.1, -0.05) is 0 Å². The van der Waals surface area contributed by atoms with Crippen LogP contribution in [0.25, 0.3) is 0 Å². The highest BCUT2D eigenvalue weighted by atomic mass is 32.2. The zero-order valence-corrected chi connectivity index (χ0v) is 3.77. The summed E-state index contributed by atoms with van der Waals surface area (Å²) in [6, 6.07) is 0. The highest BCUT2D eigenvalue weighted by Crippen LogP contribution is 1.62. The molecule has 3 nitrogen and oxygen atoms in total. The minimum absolute atomic E-state index is 0.278. The van der Waals surface area contributed by atoms with Gasteiger partial charge in [-0.15, -0.1) is 0 Å². The molecule has 0 radical (unpaired) electrons. The predicted molar refractivity (Wildman–Crippen MR) is 21.7 cm³/mol. The fraction of sp³-hybridized carbons (Fsp3) is 0.500. The molecule has 0 heterocycles. The molecule has 0 saturated heterocycles. The van der Waals surface area contributed by atoms with Crippen LogP contribution in [-0.4, -0.2) is 20.8 Å². The van der Waals surface area contributed by atoms with Crippen molar-refractivity contribution in [1.82, 2.24) is 0 Å². The molecule has 0 aliphatic carbocycles. The van der Waals surface area contributed by atoms with E-state index >= 15 is 0 Å². The van der Waals surface area contributed by atoms with Gasteiger partial charge in [0.05, 0.1) is 0 Å². The SMILES string of the molecule is O=CCS(=O)O. The summed E-state index contributed by atoms with van der Waals surface area (Å²) in [4.78, 5) is 9.26. The van der Waals surface area contributed by atoms with E-state index in [0.717, 1.165) is 0 Å². The topological polar surface area (TPSA) is 54.4 Å². The van der Waals surface area contributed by atoms with Crippen molar-refractivity contribution in [2.45, 2.75) is 0 Å². The van der Waals surface area contributed by atoms with E-state index in [0.29, 0.717) is 6.29 Å². The number of hydrogen-bond acceptors (Lipinski definition) is 2. The Morgan fingerprint density at radius 3 is 2.33 bits per heavy atom. The third-order valence-electron chi connectivity index (χ3n) is 0.211. The monoisotopic (exact) mass is 108 g/mol. The molecular formula is C2H4O3S. The second kappa shape index (κ2) is 2.99. The lowest BCUT2D eigenvalue weighted by Gasteiger charge is -1.73. The molecule has 36 valence electrons. The summed E-state index contributed by atoms with van der Waals surface area (Å²) < 4.78 is 17.3. The summed E-state index contributed by atoms with van der Waals surface area (Å²) >= 11 is -1.93. The molecule has 1 N–H and O–H groups in total. The smallest absolute Gasteiger partial charge is 0.160 e. The van der Waals surface area contributed by atoms with Gasteiger partial charge in [-0.25, -0.2) is 4.21 Å². The molecule has 0 spiro atoms. The number of rotatable bonds is 2. The minimum atomic E-state index is -1.93. The maximum atomic E-state index is 9.48. The molecule has 0 aromatic heterocycles. The summed E-state index contributed by atoms with van der Waals surface area (Å²) in [7, 11) is 0. The third-order valence-corrected chi connectivity index (χ3v) is 0.632. The van der Waals surface area contributed by atoms with Gasteiger partial charge in [-0.2, -0.15) is 0 Å².